The van der Waals surface area contributed by atoms with Gasteiger partial charge in [-0.15, -0.1) is 0 Å². The minimum absolute atomic E-state index is 0.0944. The van der Waals surface area contributed by atoms with Gasteiger partial charge in [-0.2, -0.15) is 0 Å². The largest absolute Gasteiger partial charge is 0.354 e. The molecule has 1 amide bonds. The summed E-state index contributed by atoms with van der Waals surface area (Å²) < 4.78 is 23.6. The van der Waals surface area contributed by atoms with Crippen LogP contribution in [-0.2, 0) is 14.6 Å². The molecule has 0 aromatic carbocycles. The highest BCUT2D eigenvalue weighted by atomic mass is 32.2. The number of carbonyl (C=O) groups is 1. The number of nitrogens with one attached hydrogen (secondary N) is 1. The molecule has 1 aliphatic rings. The van der Waals surface area contributed by atoms with Crippen LogP contribution in [0.1, 0.15) is 39.5 Å². The lowest BCUT2D eigenvalue weighted by Crippen LogP contribution is -2.45. The number of amides is 1. The van der Waals surface area contributed by atoms with Gasteiger partial charge in [-0.3, -0.25) is 4.79 Å². The lowest BCUT2D eigenvalue weighted by molar-refractivity contribution is -0.121. The average Bonchev–Trinajstić information content (AvgIpc) is 2.25. The summed E-state index contributed by atoms with van der Waals surface area (Å²) in [6.45, 7) is 5.05. The van der Waals surface area contributed by atoms with E-state index in [0.29, 0.717) is 25.9 Å². The Morgan fingerprint density at radius 1 is 1.39 bits per heavy atom. The fourth-order valence-electron chi connectivity index (χ4n) is 2.17. The molecule has 0 radical (unpaired) electrons. The van der Waals surface area contributed by atoms with Crippen LogP contribution in [0.3, 0.4) is 0 Å². The summed E-state index contributed by atoms with van der Waals surface area (Å²) in [7, 11) is -3.24. The number of hydrogen-bond acceptors (Lipinski definition) is 4. The molecule has 1 fully saturated rings. The second-order valence-electron chi connectivity index (χ2n) is 5.77. The summed E-state index contributed by atoms with van der Waals surface area (Å²) >= 11 is 0. The van der Waals surface area contributed by atoms with E-state index >= 15 is 0 Å². The van der Waals surface area contributed by atoms with Gasteiger partial charge in [-0.25, -0.2) is 8.42 Å². The van der Waals surface area contributed by atoms with Gasteiger partial charge in [0.25, 0.3) is 0 Å². The Hall–Kier alpha value is -0.620. The zero-order chi connectivity index (χ0) is 13.8. The molecule has 1 rings (SSSR count). The maximum absolute atomic E-state index is 11.9. The normalized spacial score (nSPS) is 23.6. The van der Waals surface area contributed by atoms with Gasteiger partial charge < -0.3 is 11.1 Å². The van der Waals surface area contributed by atoms with Crippen LogP contribution in [0.4, 0.5) is 0 Å². The van der Waals surface area contributed by atoms with Gasteiger partial charge in [0.2, 0.25) is 5.91 Å². The van der Waals surface area contributed by atoms with Crippen molar-refractivity contribution in [3.8, 4) is 0 Å². The number of nitrogens with two attached hydrogens (primary N) is 1. The van der Waals surface area contributed by atoms with Crippen molar-refractivity contribution in [3.05, 3.63) is 0 Å². The molecule has 106 valence electrons. The molecule has 5 nitrogen and oxygen atoms in total. The van der Waals surface area contributed by atoms with Crippen LogP contribution in [0, 0.1) is 5.41 Å². The van der Waals surface area contributed by atoms with Crippen molar-refractivity contribution >= 4 is 15.7 Å². The van der Waals surface area contributed by atoms with Crippen molar-refractivity contribution in [3.63, 3.8) is 0 Å². The maximum Gasteiger partial charge on any atom is 0.238 e. The summed E-state index contributed by atoms with van der Waals surface area (Å²) in [4.78, 5) is 11.9. The first-order valence-corrected chi connectivity index (χ1v) is 8.19. The van der Waals surface area contributed by atoms with Crippen molar-refractivity contribution in [1.82, 2.24) is 5.32 Å². The quantitative estimate of drug-likeness (QED) is 0.762. The minimum Gasteiger partial charge on any atom is -0.354 e. The van der Waals surface area contributed by atoms with E-state index in [2.05, 4.69) is 5.32 Å². The minimum atomic E-state index is -3.24. The second kappa shape index (κ2) is 6.02. The van der Waals surface area contributed by atoms with Crippen molar-refractivity contribution in [2.75, 3.05) is 18.8 Å². The molecule has 1 heterocycles. The van der Waals surface area contributed by atoms with Crippen molar-refractivity contribution in [2.24, 2.45) is 11.1 Å². The van der Waals surface area contributed by atoms with Crippen LogP contribution in [0.15, 0.2) is 0 Å². The number of carbonyl (C=O) groups excluding carboxylic acids is 1. The third-order valence-corrected chi connectivity index (χ3v) is 5.61. The van der Waals surface area contributed by atoms with E-state index < -0.39 is 15.1 Å². The fraction of sp³-hybridized carbons (Fsp3) is 0.917. The van der Waals surface area contributed by atoms with Crippen LogP contribution in [0.2, 0.25) is 0 Å². The molecule has 0 aromatic rings. The van der Waals surface area contributed by atoms with Gasteiger partial charge in [-0.05, 0) is 31.2 Å². The molecule has 3 N–H and O–H groups in total. The van der Waals surface area contributed by atoms with Gasteiger partial charge in [0.15, 0.2) is 9.84 Å². The first-order valence-electron chi connectivity index (χ1n) is 6.48. The van der Waals surface area contributed by atoms with Crippen LogP contribution in [0.5, 0.6) is 0 Å². The summed E-state index contributed by atoms with van der Waals surface area (Å²) in [5.74, 6) is -0.211. The summed E-state index contributed by atoms with van der Waals surface area (Å²) in [5, 5.41) is 1.91. The first-order chi connectivity index (χ1) is 8.28. The Kier molecular flexibility index (Phi) is 5.16. The average molecular weight is 276 g/mol. The van der Waals surface area contributed by atoms with E-state index in [9.17, 15) is 13.2 Å². The van der Waals surface area contributed by atoms with E-state index in [1.54, 1.807) is 0 Å². The van der Waals surface area contributed by atoms with Crippen molar-refractivity contribution in [1.29, 1.82) is 0 Å². The molecule has 0 aliphatic carbocycles. The highest BCUT2D eigenvalue weighted by Gasteiger charge is 2.35. The Balaban J connectivity index is 2.55. The molecule has 0 aromatic heterocycles. The zero-order valence-electron chi connectivity index (χ0n) is 11.2. The molecule has 1 aliphatic heterocycles. The standard InChI is InChI=1S/C12H24N2O3S/c1-12(2,6-7-13)9-14-11(15)10-5-3-4-8-18(10,16)17/h10H,3-9,13H2,1-2H3,(H,14,15). The van der Waals surface area contributed by atoms with Gasteiger partial charge in [0.1, 0.15) is 5.25 Å². The molecule has 1 saturated heterocycles. The highest BCUT2D eigenvalue weighted by Crippen LogP contribution is 2.21. The van der Waals surface area contributed by atoms with Crippen LogP contribution in [0.25, 0.3) is 0 Å². The predicted molar refractivity (Wildman–Crippen MR) is 71.9 cm³/mol. The lowest BCUT2D eigenvalue weighted by Gasteiger charge is -2.27. The molecule has 1 atom stereocenters. The number of rotatable bonds is 5. The molecule has 0 spiro atoms. The molecule has 1 unspecified atom stereocenters. The SMILES string of the molecule is CC(C)(CCN)CNC(=O)C1CCCCS1(=O)=O. The van der Waals surface area contributed by atoms with Crippen LogP contribution >= 0.6 is 0 Å². The van der Waals surface area contributed by atoms with Crippen LogP contribution in [-0.4, -0.2) is 38.4 Å². The fourth-order valence-corrected chi connectivity index (χ4v) is 3.99. The van der Waals surface area contributed by atoms with Crippen LogP contribution < -0.4 is 11.1 Å². The third kappa shape index (κ3) is 4.24. The van der Waals surface area contributed by atoms with E-state index in [-0.39, 0.29) is 17.1 Å². The van der Waals surface area contributed by atoms with E-state index in [4.69, 9.17) is 5.73 Å². The predicted octanol–water partition coefficient (Wildman–Crippen LogP) is 0.445. The van der Waals surface area contributed by atoms with E-state index in [1.807, 2.05) is 13.8 Å². The highest BCUT2D eigenvalue weighted by molar-refractivity contribution is 7.92. The molecular formula is C12H24N2O3S. The van der Waals surface area contributed by atoms with Crippen molar-refractivity contribution in [2.45, 2.75) is 44.8 Å². The van der Waals surface area contributed by atoms with E-state index in [1.165, 1.54) is 0 Å². The smallest absolute Gasteiger partial charge is 0.238 e. The third-order valence-electron chi connectivity index (χ3n) is 3.43. The summed E-state index contributed by atoms with van der Waals surface area (Å²) in [6.07, 6.45) is 2.73. The monoisotopic (exact) mass is 276 g/mol. The Morgan fingerprint density at radius 3 is 2.61 bits per heavy atom. The molecule has 0 bridgehead atoms. The maximum atomic E-state index is 11.9. The van der Waals surface area contributed by atoms with E-state index in [0.717, 1.165) is 12.8 Å². The molecule has 18 heavy (non-hydrogen) atoms. The van der Waals surface area contributed by atoms with Gasteiger partial charge in [0, 0.05) is 6.54 Å². The topological polar surface area (TPSA) is 89.3 Å². The summed E-state index contributed by atoms with van der Waals surface area (Å²) in [5.41, 5.74) is 5.40. The Labute approximate surface area is 109 Å². The number of hydrogen-bond donors (Lipinski definition) is 2. The zero-order valence-corrected chi connectivity index (χ0v) is 12.1. The van der Waals surface area contributed by atoms with Gasteiger partial charge in [-0.1, -0.05) is 20.3 Å². The lowest BCUT2D eigenvalue weighted by atomic mass is 9.89. The Bertz CT molecular complexity index is 390. The number of sulfone groups is 1. The molecule has 0 saturated carbocycles. The summed E-state index contributed by atoms with van der Waals surface area (Å²) in [6, 6.07) is 0. The molecular weight excluding hydrogens is 252 g/mol. The molecule has 6 heteroatoms. The first kappa shape index (κ1) is 15.4. The van der Waals surface area contributed by atoms with Gasteiger partial charge >= 0.3 is 0 Å². The Morgan fingerprint density at radius 2 is 2.06 bits per heavy atom. The van der Waals surface area contributed by atoms with Crippen molar-refractivity contribution < 1.29 is 13.2 Å². The van der Waals surface area contributed by atoms with Gasteiger partial charge in [0.05, 0.1) is 5.75 Å². The second-order valence-corrected chi connectivity index (χ2v) is 8.08.